The van der Waals surface area contributed by atoms with Gasteiger partial charge in [0.05, 0.1) is 60.6 Å². The molecule has 5 aromatic rings. The molecule has 2 saturated heterocycles. The highest BCUT2D eigenvalue weighted by Gasteiger charge is 2.44. The Labute approximate surface area is 420 Å². The molecule has 3 aromatic heterocycles. The molecule has 0 spiro atoms. The number of pyridine rings is 2. The molecule has 0 aliphatic carbocycles. The smallest absolute Gasteiger partial charge is 0.259 e. The van der Waals surface area contributed by atoms with Crippen molar-refractivity contribution in [2.75, 3.05) is 79.9 Å². The fraction of sp³-hybridized carbons (Fsp3) is 0.509. The van der Waals surface area contributed by atoms with Crippen LogP contribution in [0.2, 0.25) is 0 Å². The molecule has 0 radical (unpaired) electrons. The number of carbonyl (C=O) groups is 3. The zero-order valence-electron chi connectivity index (χ0n) is 42.2. The van der Waals surface area contributed by atoms with E-state index in [1.807, 2.05) is 81.9 Å². The number of aliphatic hydroxyl groups excluding tert-OH is 1. The first-order valence-electron chi connectivity index (χ1n) is 24.5. The molecule has 3 N–H and O–H groups in total. The average molecular weight is 995 g/mol. The summed E-state index contributed by atoms with van der Waals surface area (Å²) in [6.07, 6.45) is 7.42. The van der Waals surface area contributed by atoms with Crippen LogP contribution in [-0.4, -0.2) is 150 Å². The Morgan fingerprint density at radius 2 is 1.61 bits per heavy atom. The third-order valence-corrected chi connectivity index (χ3v) is 14.3. The number of β-amino-alcohol motifs (C(OH)–C–C–N with tert-alkyl or cyclic N) is 1. The molecule has 382 valence electrons. The third-order valence-electron chi connectivity index (χ3n) is 13.3. The number of hydrogen-bond acceptors (Lipinski definition) is 14. The summed E-state index contributed by atoms with van der Waals surface area (Å²) in [6.45, 7) is 14.2. The molecule has 2 fully saturated rings. The maximum atomic E-state index is 14.0. The number of aliphatic hydroxyl groups is 1. The quantitative estimate of drug-likeness (QED) is 0.0771. The standard InChI is InChI=1S/C53H70N8O9S/c1-35-48(71-34-56-35)37-13-11-36(12-14-37)28-55-50(64)44-27-39(62)30-61(44)52(66)49(53(2,3)4)57-47(63)33-70-24-23-69-22-10-8-9-17-59-18-20-60(21-19-59)32-43-45(67-6)25-38(26-46(43)68-7)42-31-58(5)51(65)41-29-54-16-15-40(41)42/h11-16,25-26,29,31,34,39,44,49,62H,8-10,17-24,27-28,30,32-33H2,1-7H3,(H,55,64)(H,57,63)/t39-,44+,49-/m0/s1. The molecule has 5 heterocycles. The van der Waals surface area contributed by atoms with Crippen molar-refractivity contribution in [3.05, 3.63) is 93.7 Å². The number of amides is 3. The first-order valence-corrected chi connectivity index (χ1v) is 25.4. The number of methoxy groups -OCH3 is 2. The SMILES string of the molecule is COc1cc(-c2cn(C)c(=O)c3cnccc23)cc(OC)c1CN1CCN(CCCCCOCCOCC(=O)N[C@@H](C(=O)N2C[C@@H](O)C[C@@H]2C(=O)NCc2ccc(-c3scnc3C)cc2)C(C)(C)C)CC1. The van der Waals surface area contributed by atoms with Crippen LogP contribution in [-0.2, 0) is 44.0 Å². The molecule has 0 saturated carbocycles. The maximum absolute atomic E-state index is 14.0. The molecule has 2 aromatic carbocycles. The minimum absolute atomic E-state index is 0.00300. The number of aryl methyl sites for hydroxylation is 2. The van der Waals surface area contributed by atoms with Crippen LogP contribution >= 0.6 is 11.3 Å². The lowest BCUT2D eigenvalue weighted by atomic mass is 9.85. The van der Waals surface area contributed by atoms with E-state index in [1.54, 1.807) is 49.6 Å². The number of carbonyl (C=O) groups excluding carboxylic acids is 3. The highest BCUT2D eigenvalue weighted by Crippen LogP contribution is 2.38. The van der Waals surface area contributed by atoms with Crippen LogP contribution in [0.15, 0.2) is 71.4 Å². The maximum Gasteiger partial charge on any atom is 0.259 e. The summed E-state index contributed by atoms with van der Waals surface area (Å²) in [4.78, 5) is 69.2. The number of benzene rings is 2. The van der Waals surface area contributed by atoms with Crippen LogP contribution in [0.3, 0.4) is 0 Å². The number of fused-ring (bicyclic) bond motifs is 1. The van der Waals surface area contributed by atoms with Crippen LogP contribution in [0, 0.1) is 12.3 Å². The second-order valence-corrected chi connectivity index (χ2v) is 20.4. The highest BCUT2D eigenvalue weighted by molar-refractivity contribution is 7.13. The molecule has 3 amide bonds. The van der Waals surface area contributed by atoms with E-state index >= 15 is 0 Å². The van der Waals surface area contributed by atoms with Crippen molar-refractivity contribution in [2.45, 2.75) is 84.7 Å². The van der Waals surface area contributed by atoms with E-state index in [0.717, 1.165) is 107 Å². The highest BCUT2D eigenvalue weighted by atomic mass is 32.1. The largest absolute Gasteiger partial charge is 0.496 e. The molecule has 2 aliphatic heterocycles. The number of unbranched alkanes of at least 4 members (excludes halogenated alkanes) is 2. The number of hydrogen-bond donors (Lipinski definition) is 3. The average Bonchev–Trinajstić information content (AvgIpc) is 3.99. The van der Waals surface area contributed by atoms with E-state index in [2.05, 4.69) is 30.4 Å². The second kappa shape index (κ2) is 24.6. The summed E-state index contributed by atoms with van der Waals surface area (Å²) in [6, 6.07) is 12.0. The second-order valence-electron chi connectivity index (χ2n) is 19.5. The van der Waals surface area contributed by atoms with Gasteiger partial charge in [0.15, 0.2) is 0 Å². The molecule has 0 unspecified atom stereocenters. The van der Waals surface area contributed by atoms with Crippen molar-refractivity contribution < 1.29 is 38.4 Å². The fourth-order valence-electron chi connectivity index (χ4n) is 9.32. The predicted molar refractivity (Wildman–Crippen MR) is 274 cm³/mol. The van der Waals surface area contributed by atoms with E-state index in [1.165, 1.54) is 4.90 Å². The van der Waals surface area contributed by atoms with Crippen LogP contribution in [0.25, 0.3) is 32.3 Å². The van der Waals surface area contributed by atoms with Crippen molar-refractivity contribution in [3.63, 3.8) is 0 Å². The molecule has 0 bridgehead atoms. The van der Waals surface area contributed by atoms with Gasteiger partial charge in [0.25, 0.3) is 5.56 Å². The number of nitrogens with zero attached hydrogens (tertiary/aromatic N) is 6. The molecule has 3 atom stereocenters. The summed E-state index contributed by atoms with van der Waals surface area (Å²) in [7, 11) is 5.10. The Morgan fingerprint density at radius 3 is 2.28 bits per heavy atom. The first-order chi connectivity index (χ1) is 34.1. The van der Waals surface area contributed by atoms with E-state index < -0.39 is 35.4 Å². The molecule has 17 nitrogen and oxygen atoms in total. The summed E-state index contributed by atoms with van der Waals surface area (Å²) in [5, 5.41) is 17.7. The number of nitrogens with one attached hydrogen (secondary N) is 2. The fourth-order valence-corrected chi connectivity index (χ4v) is 10.1. The zero-order valence-corrected chi connectivity index (χ0v) is 43.0. The van der Waals surface area contributed by atoms with Gasteiger partial charge in [-0.25, -0.2) is 4.98 Å². The molecule has 18 heteroatoms. The van der Waals surface area contributed by atoms with E-state index in [9.17, 15) is 24.3 Å². The van der Waals surface area contributed by atoms with Crippen molar-refractivity contribution in [3.8, 4) is 33.1 Å². The Morgan fingerprint density at radius 1 is 0.901 bits per heavy atom. The van der Waals surface area contributed by atoms with Crippen LogP contribution in [0.5, 0.6) is 11.5 Å². The van der Waals surface area contributed by atoms with Gasteiger partial charge in [-0.1, -0.05) is 45.0 Å². The normalized spacial score (nSPS) is 17.1. The van der Waals surface area contributed by atoms with Gasteiger partial charge in [0.1, 0.15) is 30.2 Å². The number of likely N-dealkylation sites (tertiary alicyclic amines) is 1. The number of piperazine rings is 1. The van der Waals surface area contributed by atoms with Gasteiger partial charge >= 0.3 is 0 Å². The molecule has 7 rings (SSSR count). The minimum atomic E-state index is -0.944. The lowest BCUT2D eigenvalue weighted by Gasteiger charge is -2.35. The van der Waals surface area contributed by atoms with Gasteiger partial charge in [0.2, 0.25) is 17.7 Å². The predicted octanol–water partition coefficient (Wildman–Crippen LogP) is 5.18. The van der Waals surface area contributed by atoms with Crippen molar-refractivity contribution in [2.24, 2.45) is 12.5 Å². The topological polar surface area (TPSA) is 190 Å². The summed E-state index contributed by atoms with van der Waals surface area (Å²) < 4.78 is 24.8. The van der Waals surface area contributed by atoms with Gasteiger partial charge in [-0.2, -0.15) is 0 Å². The van der Waals surface area contributed by atoms with Crippen molar-refractivity contribution >= 4 is 39.8 Å². The Balaban J connectivity index is 0.769. The van der Waals surface area contributed by atoms with Crippen molar-refractivity contribution in [1.82, 2.24) is 39.9 Å². The minimum Gasteiger partial charge on any atom is -0.496 e. The summed E-state index contributed by atoms with van der Waals surface area (Å²) in [5.41, 5.74) is 6.76. The van der Waals surface area contributed by atoms with E-state index in [-0.39, 0.29) is 44.2 Å². The number of rotatable bonds is 22. The lowest BCUT2D eigenvalue weighted by Crippen LogP contribution is -2.58. The summed E-state index contributed by atoms with van der Waals surface area (Å²) in [5.74, 6) is 0.252. The number of aromatic nitrogens is 3. The lowest BCUT2D eigenvalue weighted by molar-refractivity contribution is -0.144. The summed E-state index contributed by atoms with van der Waals surface area (Å²) >= 11 is 1.58. The van der Waals surface area contributed by atoms with Crippen LogP contribution in [0.4, 0.5) is 0 Å². The molecular weight excluding hydrogens is 925 g/mol. The molecular formula is C53H70N8O9S. The first kappa shape index (κ1) is 53.0. The van der Waals surface area contributed by atoms with Gasteiger partial charge in [-0.15, -0.1) is 11.3 Å². The number of ether oxygens (including phenoxy) is 4. The third kappa shape index (κ3) is 13.6. The molecule has 2 aliphatic rings. The molecule has 71 heavy (non-hydrogen) atoms. The van der Waals surface area contributed by atoms with Gasteiger partial charge < -0.3 is 49.1 Å². The van der Waals surface area contributed by atoms with Gasteiger partial charge in [-0.05, 0) is 78.4 Å². The van der Waals surface area contributed by atoms with Crippen molar-refractivity contribution in [1.29, 1.82) is 0 Å². The monoisotopic (exact) mass is 994 g/mol. The van der Waals surface area contributed by atoms with Crippen LogP contribution in [0.1, 0.15) is 63.3 Å². The Hall–Kier alpha value is -5.76. The Kier molecular flexibility index (Phi) is 18.4. The van der Waals surface area contributed by atoms with Gasteiger partial charge in [-0.3, -0.25) is 29.1 Å². The Bertz CT molecular complexity index is 2630. The number of thiazole rings is 1. The van der Waals surface area contributed by atoms with E-state index in [0.29, 0.717) is 25.1 Å². The van der Waals surface area contributed by atoms with Crippen LogP contribution < -0.4 is 25.7 Å². The van der Waals surface area contributed by atoms with E-state index in [4.69, 9.17) is 18.9 Å². The van der Waals surface area contributed by atoms with Gasteiger partial charge in [0, 0.05) is 90.0 Å². The zero-order chi connectivity index (χ0) is 50.7.